The van der Waals surface area contributed by atoms with Crippen molar-refractivity contribution >= 4 is 0 Å². The number of H-pyrrole nitrogens is 1. The summed E-state index contributed by atoms with van der Waals surface area (Å²) < 4.78 is 5.31. The molecule has 1 N–H and O–H groups in total. The number of nitrogens with one attached hydrogen (secondary N) is 1. The van der Waals surface area contributed by atoms with Crippen LogP contribution in [0.4, 0.5) is 0 Å². The molecule has 0 spiro atoms. The SMILES string of the molecule is CC1(C)CCC(c2noc(-c3ccc(C#N)[nH]3)n2)CC1. The summed E-state index contributed by atoms with van der Waals surface area (Å²) >= 11 is 0. The lowest BCUT2D eigenvalue weighted by molar-refractivity contribution is 0.218. The van der Waals surface area contributed by atoms with Crippen LogP contribution in [0, 0.1) is 16.7 Å². The van der Waals surface area contributed by atoms with Crippen LogP contribution in [-0.4, -0.2) is 15.1 Å². The van der Waals surface area contributed by atoms with Crippen LogP contribution in [0.3, 0.4) is 0 Å². The zero-order chi connectivity index (χ0) is 14.2. The van der Waals surface area contributed by atoms with E-state index in [4.69, 9.17) is 9.78 Å². The second-order valence-electron chi connectivity index (χ2n) is 6.29. The van der Waals surface area contributed by atoms with Crippen LogP contribution in [0.1, 0.15) is 57.0 Å². The first kappa shape index (κ1) is 12.9. The van der Waals surface area contributed by atoms with Crippen LogP contribution < -0.4 is 0 Å². The molecule has 20 heavy (non-hydrogen) atoms. The first-order valence-corrected chi connectivity index (χ1v) is 7.00. The molecule has 2 heterocycles. The minimum Gasteiger partial charge on any atom is -0.342 e. The third-order valence-corrected chi connectivity index (χ3v) is 4.18. The molecule has 5 nitrogen and oxygen atoms in total. The molecule has 1 aliphatic carbocycles. The van der Waals surface area contributed by atoms with Gasteiger partial charge in [0.1, 0.15) is 17.5 Å². The molecule has 0 unspecified atom stereocenters. The molecule has 0 aliphatic heterocycles. The van der Waals surface area contributed by atoms with Gasteiger partial charge in [-0.3, -0.25) is 0 Å². The Morgan fingerprint density at radius 1 is 1.35 bits per heavy atom. The molecule has 0 saturated heterocycles. The van der Waals surface area contributed by atoms with E-state index in [1.54, 1.807) is 12.1 Å². The van der Waals surface area contributed by atoms with Gasteiger partial charge in [0.2, 0.25) is 0 Å². The first-order chi connectivity index (χ1) is 9.57. The standard InChI is InChI=1S/C15H18N4O/c1-15(2)7-5-10(6-8-15)13-18-14(20-19-13)12-4-3-11(9-16)17-12/h3-4,10,17H,5-8H2,1-2H3. The topological polar surface area (TPSA) is 78.5 Å². The van der Waals surface area contributed by atoms with E-state index in [0.717, 1.165) is 18.7 Å². The fraction of sp³-hybridized carbons (Fsp3) is 0.533. The number of aromatic amines is 1. The van der Waals surface area contributed by atoms with E-state index in [1.807, 2.05) is 0 Å². The van der Waals surface area contributed by atoms with Crippen LogP contribution >= 0.6 is 0 Å². The van der Waals surface area contributed by atoms with Crippen molar-refractivity contribution in [1.82, 2.24) is 15.1 Å². The smallest absolute Gasteiger partial charge is 0.274 e. The number of nitriles is 1. The van der Waals surface area contributed by atoms with E-state index in [-0.39, 0.29) is 0 Å². The van der Waals surface area contributed by atoms with Crippen molar-refractivity contribution in [2.75, 3.05) is 0 Å². The van der Waals surface area contributed by atoms with Gasteiger partial charge in [-0.1, -0.05) is 19.0 Å². The molecular formula is C15H18N4O. The van der Waals surface area contributed by atoms with Crippen LogP contribution in [0.2, 0.25) is 0 Å². The van der Waals surface area contributed by atoms with E-state index < -0.39 is 0 Å². The fourth-order valence-corrected chi connectivity index (χ4v) is 2.75. The molecule has 0 amide bonds. The zero-order valence-electron chi connectivity index (χ0n) is 11.8. The maximum atomic E-state index is 8.81. The summed E-state index contributed by atoms with van der Waals surface area (Å²) in [6, 6.07) is 5.55. The molecule has 0 aromatic carbocycles. The minimum atomic E-state index is 0.394. The summed E-state index contributed by atoms with van der Waals surface area (Å²) in [6.07, 6.45) is 4.62. The Morgan fingerprint density at radius 2 is 2.10 bits per heavy atom. The van der Waals surface area contributed by atoms with Gasteiger partial charge in [-0.25, -0.2) is 0 Å². The van der Waals surface area contributed by atoms with Crippen molar-refractivity contribution in [3.63, 3.8) is 0 Å². The zero-order valence-corrected chi connectivity index (χ0v) is 11.8. The highest BCUT2D eigenvalue weighted by molar-refractivity contribution is 5.49. The minimum absolute atomic E-state index is 0.394. The number of hydrogen-bond acceptors (Lipinski definition) is 4. The van der Waals surface area contributed by atoms with Crippen LogP contribution in [0.5, 0.6) is 0 Å². The third-order valence-electron chi connectivity index (χ3n) is 4.18. The Bertz CT molecular complexity index is 637. The summed E-state index contributed by atoms with van der Waals surface area (Å²) in [5.41, 5.74) is 1.64. The highest BCUT2D eigenvalue weighted by Gasteiger charge is 2.30. The number of hydrogen-bond donors (Lipinski definition) is 1. The third kappa shape index (κ3) is 2.46. The second-order valence-corrected chi connectivity index (χ2v) is 6.29. The van der Waals surface area contributed by atoms with Gasteiger partial charge in [0, 0.05) is 5.92 Å². The molecule has 0 radical (unpaired) electrons. The molecule has 2 aromatic heterocycles. The monoisotopic (exact) mass is 270 g/mol. The van der Waals surface area contributed by atoms with Gasteiger partial charge in [0.05, 0.1) is 0 Å². The van der Waals surface area contributed by atoms with Crippen LogP contribution in [0.15, 0.2) is 16.7 Å². The largest absolute Gasteiger partial charge is 0.342 e. The quantitative estimate of drug-likeness (QED) is 0.903. The molecule has 2 aromatic rings. The highest BCUT2D eigenvalue weighted by Crippen LogP contribution is 2.41. The molecule has 1 aliphatic rings. The Hall–Kier alpha value is -2.09. The Kier molecular flexibility index (Phi) is 3.09. The van der Waals surface area contributed by atoms with E-state index in [0.29, 0.717) is 28.6 Å². The Labute approximate surface area is 118 Å². The Morgan fingerprint density at radius 3 is 2.75 bits per heavy atom. The maximum Gasteiger partial charge on any atom is 0.274 e. The summed E-state index contributed by atoms with van der Waals surface area (Å²) in [5, 5.41) is 12.9. The van der Waals surface area contributed by atoms with Gasteiger partial charge in [0.15, 0.2) is 5.82 Å². The lowest BCUT2D eigenvalue weighted by atomic mass is 9.73. The number of rotatable bonds is 2. The molecule has 3 rings (SSSR count). The molecular weight excluding hydrogens is 252 g/mol. The number of aromatic nitrogens is 3. The van der Waals surface area contributed by atoms with Crippen molar-refractivity contribution in [1.29, 1.82) is 5.26 Å². The van der Waals surface area contributed by atoms with Crippen molar-refractivity contribution in [2.45, 2.75) is 45.4 Å². The predicted molar refractivity (Wildman–Crippen MR) is 73.8 cm³/mol. The second kappa shape index (κ2) is 4.78. The van der Waals surface area contributed by atoms with Gasteiger partial charge in [-0.05, 0) is 43.2 Å². The lowest BCUT2D eigenvalue weighted by Gasteiger charge is -2.32. The average molecular weight is 270 g/mol. The molecule has 0 atom stereocenters. The molecule has 1 saturated carbocycles. The van der Waals surface area contributed by atoms with Crippen LogP contribution in [0.25, 0.3) is 11.6 Å². The summed E-state index contributed by atoms with van der Waals surface area (Å²) in [4.78, 5) is 7.43. The molecule has 1 fully saturated rings. The lowest BCUT2D eigenvalue weighted by Crippen LogP contribution is -2.20. The fourth-order valence-electron chi connectivity index (χ4n) is 2.75. The van der Waals surface area contributed by atoms with Gasteiger partial charge < -0.3 is 9.51 Å². The van der Waals surface area contributed by atoms with Gasteiger partial charge in [-0.2, -0.15) is 10.2 Å². The maximum absolute atomic E-state index is 8.81. The average Bonchev–Trinajstić information content (AvgIpc) is 3.07. The van der Waals surface area contributed by atoms with Crippen molar-refractivity contribution in [3.05, 3.63) is 23.7 Å². The van der Waals surface area contributed by atoms with Crippen molar-refractivity contribution in [2.24, 2.45) is 5.41 Å². The predicted octanol–water partition coefficient (Wildman–Crippen LogP) is 3.62. The normalized spacial score (nSPS) is 18.9. The summed E-state index contributed by atoms with van der Waals surface area (Å²) in [5.74, 6) is 1.65. The van der Waals surface area contributed by atoms with E-state index in [9.17, 15) is 0 Å². The molecule has 104 valence electrons. The van der Waals surface area contributed by atoms with Crippen LogP contribution in [-0.2, 0) is 0 Å². The summed E-state index contributed by atoms with van der Waals surface area (Å²) in [7, 11) is 0. The molecule has 0 bridgehead atoms. The van der Waals surface area contributed by atoms with Gasteiger partial charge in [0.25, 0.3) is 5.89 Å². The van der Waals surface area contributed by atoms with Gasteiger partial charge in [-0.15, -0.1) is 0 Å². The van der Waals surface area contributed by atoms with E-state index >= 15 is 0 Å². The van der Waals surface area contributed by atoms with Gasteiger partial charge >= 0.3 is 0 Å². The van der Waals surface area contributed by atoms with Crippen molar-refractivity contribution < 1.29 is 4.52 Å². The molecule has 5 heteroatoms. The Balaban J connectivity index is 1.76. The van der Waals surface area contributed by atoms with E-state index in [2.05, 4.69) is 35.0 Å². The van der Waals surface area contributed by atoms with Crippen molar-refractivity contribution in [3.8, 4) is 17.7 Å². The first-order valence-electron chi connectivity index (χ1n) is 7.00. The summed E-state index contributed by atoms with van der Waals surface area (Å²) in [6.45, 7) is 4.63. The number of nitrogens with zero attached hydrogens (tertiary/aromatic N) is 3. The highest BCUT2D eigenvalue weighted by atomic mass is 16.5. The van der Waals surface area contributed by atoms with E-state index in [1.165, 1.54) is 12.8 Å².